The summed E-state index contributed by atoms with van der Waals surface area (Å²) in [4.78, 5) is 0. The van der Waals surface area contributed by atoms with E-state index in [0.717, 1.165) is 5.92 Å². The van der Waals surface area contributed by atoms with Crippen molar-refractivity contribution in [3.63, 3.8) is 0 Å². The van der Waals surface area contributed by atoms with Gasteiger partial charge in [0.1, 0.15) is 0 Å². The Morgan fingerprint density at radius 1 is 1.23 bits per heavy atom. The lowest BCUT2D eigenvalue weighted by Crippen LogP contribution is -2.46. The van der Waals surface area contributed by atoms with Gasteiger partial charge >= 0.3 is 0 Å². The first kappa shape index (κ1) is 14.3. The van der Waals surface area contributed by atoms with Crippen molar-refractivity contribution in [3.8, 4) is 0 Å². The molecular formula is C19H24N2O. The minimum Gasteiger partial charge on any atom is -0.381 e. The predicted octanol–water partition coefficient (Wildman–Crippen LogP) is 3.55. The number of nitrogens with zero attached hydrogens (tertiary/aromatic N) is 2. The second-order valence-electron chi connectivity index (χ2n) is 7.61. The van der Waals surface area contributed by atoms with Gasteiger partial charge in [-0.2, -0.15) is 0 Å². The van der Waals surface area contributed by atoms with Crippen molar-refractivity contribution in [3.05, 3.63) is 36.0 Å². The van der Waals surface area contributed by atoms with Crippen LogP contribution in [0, 0.1) is 29.1 Å². The van der Waals surface area contributed by atoms with E-state index in [1.165, 1.54) is 31.3 Å². The topological polar surface area (TPSA) is 43.9 Å². The number of hydrogen-bond acceptors (Lipinski definition) is 2. The number of rotatable bonds is 1. The van der Waals surface area contributed by atoms with Crippen LogP contribution >= 0.6 is 0 Å². The first-order chi connectivity index (χ1) is 10.7. The van der Waals surface area contributed by atoms with Crippen LogP contribution < -0.4 is 5.84 Å². The Bertz CT molecular complexity index is 588. The molecule has 0 amide bonds. The van der Waals surface area contributed by atoms with Gasteiger partial charge in [0.25, 0.3) is 0 Å². The van der Waals surface area contributed by atoms with Gasteiger partial charge in [0.05, 0.1) is 11.8 Å². The molecule has 4 aliphatic carbocycles. The van der Waals surface area contributed by atoms with Crippen molar-refractivity contribution < 1.29 is 4.74 Å². The maximum absolute atomic E-state index is 8.98. The number of hydrogen-bond donors (Lipinski definition) is 0. The smallest absolute Gasteiger partial charge is 0.0875 e. The predicted molar refractivity (Wildman–Crippen MR) is 87.3 cm³/mol. The normalized spacial score (nSPS) is 47.8. The van der Waals surface area contributed by atoms with E-state index in [9.17, 15) is 0 Å². The summed E-state index contributed by atoms with van der Waals surface area (Å²) >= 11 is 0. The molecule has 2 fully saturated rings. The average Bonchev–Trinajstić information content (AvgIpc) is 2.90. The highest BCUT2D eigenvalue weighted by molar-refractivity contribution is 6.05. The van der Waals surface area contributed by atoms with Crippen LogP contribution in [0.5, 0.6) is 0 Å². The van der Waals surface area contributed by atoms with Gasteiger partial charge in [-0.25, -0.2) is 0 Å². The molecule has 4 rings (SSSR count). The average molecular weight is 296 g/mol. The van der Waals surface area contributed by atoms with Crippen LogP contribution in [0.15, 0.2) is 41.1 Å². The highest BCUT2D eigenvalue weighted by Gasteiger charge is 2.55. The Labute approximate surface area is 133 Å². The lowest BCUT2D eigenvalue weighted by molar-refractivity contribution is -0.0473. The maximum atomic E-state index is 8.98. The van der Waals surface area contributed by atoms with E-state index in [1.54, 1.807) is 0 Å². The van der Waals surface area contributed by atoms with Gasteiger partial charge in [-0.15, -0.1) is 5.10 Å². The highest BCUT2D eigenvalue weighted by atomic mass is 16.5. The van der Waals surface area contributed by atoms with E-state index in [0.29, 0.717) is 35.0 Å². The first-order valence-electron chi connectivity index (χ1n) is 8.50. The molecule has 0 N–H and O–H groups in total. The summed E-state index contributed by atoms with van der Waals surface area (Å²) in [6, 6.07) is 0. The second kappa shape index (κ2) is 5.09. The van der Waals surface area contributed by atoms with Crippen molar-refractivity contribution in [1.29, 1.82) is 0 Å². The number of fused-ring (bicyclic) bond motifs is 5. The Morgan fingerprint density at radius 2 is 2.09 bits per heavy atom. The van der Waals surface area contributed by atoms with Gasteiger partial charge in [0, 0.05) is 13.0 Å². The summed E-state index contributed by atoms with van der Waals surface area (Å²) in [7, 11) is 1.88. The van der Waals surface area contributed by atoms with Gasteiger partial charge in [0.2, 0.25) is 0 Å². The zero-order chi connectivity index (χ0) is 15.3. The molecule has 0 aromatic heterocycles. The van der Waals surface area contributed by atoms with Gasteiger partial charge in [0.15, 0.2) is 0 Å². The van der Waals surface area contributed by atoms with Crippen LogP contribution in [0.3, 0.4) is 0 Å². The van der Waals surface area contributed by atoms with Crippen molar-refractivity contribution >= 4 is 5.71 Å². The van der Waals surface area contributed by atoms with E-state index in [-0.39, 0.29) is 0 Å². The molecule has 3 heteroatoms. The van der Waals surface area contributed by atoms with Crippen LogP contribution in [0.1, 0.15) is 32.6 Å². The molecule has 0 spiro atoms. The van der Waals surface area contributed by atoms with Crippen molar-refractivity contribution in [2.24, 2.45) is 34.2 Å². The van der Waals surface area contributed by atoms with Crippen LogP contribution in [0.4, 0.5) is 0 Å². The quantitative estimate of drug-likeness (QED) is 0.682. The molecule has 0 aromatic rings. The lowest BCUT2D eigenvalue weighted by atomic mass is 9.54. The largest absolute Gasteiger partial charge is 0.381 e. The molecule has 0 bridgehead atoms. The third-order valence-electron chi connectivity index (χ3n) is 6.84. The van der Waals surface area contributed by atoms with Gasteiger partial charge in [-0.1, -0.05) is 25.2 Å². The number of ether oxygens (including phenoxy) is 1. The molecule has 0 aromatic carbocycles. The second-order valence-corrected chi connectivity index (χ2v) is 7.61. The molecule has 3 nitrogen and oxygen atoms in total. The van der Waals surface area contributed by atoms with Crippen LogP contribution in [-0.4, -0.2) is 18.9 Å². The standard InChI is InChI=1S/C19H24N2O/c1-19-10-9-15-14-6-4-13(21-20)11-12(14)3-5-16(15)17(19)7-8-18(19)22-2/h3-6,11,14-18H,7-10H2,1-2H3/t14-,15+,16+,17-,18+,19-/m0/s1. The highest BCUT2D eigenvalue weighted by Crippen LogP contribution is 2.60. The molecule has 0 aliphatic heterocycles. The molecule has 116 valence electrons. The molecule has 2 saturated carbocycles. The Balaban J connectivity index is 1.67. The minimum absolute atomic E-state index is 0.345. The van der Waals surface area contributed by atoms with Crippen molar-refractivity contribution in [2.75, 3.05) is 7.11 Å². The number of methoxy groups -OCH3 is 1. The fourth-order valence-corrected chi connectivity index (χ4v) is 5.72. The summed E-state index contributed by atoms with van der Waals surface area (Å²) in [6.07, 6.45) is 16.4. The van der Waals surface area contributed by atoms with Gasteiger partial charge in [-0.3, -0.25) is 0 Å². The number of allylic oxidation sites excluding steroid dienone is 6. The van der Waals surface area contributed by atoms with Crippen molar-refractivity contribution in [2.45, 2.75) is 38.7 Å². The summed E-state index contributed by atoms with van der Waals surface area (Å²) in [5, 5.41) is 3.33. The maximum Gasteiger partial charge on any atom is 0.0875 e. The molecule has 0 unspecified atom stereocenters. The summed E-state index contributed by atoms with van der Waals surface area (Å²) in [5.74, 6) is 11.6. The zero-order valence-corrected chi connectivity index (χ0v) is 13.4. The molecule has 0 saturated heterocycles. The van der Waals surface area contributed by atoms with E-state index in [4.69, 9.17) is 10.6 Å². The molecule has 4 aliphatic rings. The summed E-state index contributed by atoms with van der Waals surface area (Å²) < 4.78 is 5.81. The third-order valence-corrected chi connectivity index (χ3v) is 6.84. The first-order valence-corrected chi connectivity index (χ1v) is 8.50. The van der Waals surface area contributed by atoms with Crippen LogP contribution in [0.25, 0.3) is 0 Å². The van der Waals surface area contributed by atoms with E-state index in [2.05, 4.69) is 30.3 Å². The Morgan fingerprint density at radius 3 is 2.86 bits per heavy atom. The fourth-order valence-electron chi connectivity index (χ4n) is 5.72. The minimum atomic E-state index is 0.345. The molecule has 22 heavy (non-hydrogen) atoms. The lowest BCUT2D eigenvalue weighted by Gasteiger charge is -2.51. The van der Waals surface area contributed by atoms with Gasteiger partial charge in [-0.05, 0) is 72.4 Å². The Kier molecular flexibility index (Phi) is 3.30. The SMILES string of the molecule is CO[C@@H]1CC[C@H]2[C@@H]3C=CC4=CC(=N[N])C=C[C@@H]4[C@H]3CC[C@]12C. The van der Waals surface area contributed by atoms with E-state index >= 15 is 0 Å². The van der Waals surface area contributed by atoms with Gasteiger partial charge < -0.3 is 4.74 Å². The van der Waals surface area contributed by atoms with E-state index < -0.39 is 0 Å². The Hall–Kier alpha value is -1.35. The molecule has 6 atom stereocenters. The zero-order valence-electron chi connectivity index (χ0n) is 13.4. The van der Waals surface area contributed by atoms with Crippen molar-refractivity contribution in [1.82, 2.24) is 5.84 Å². The molecular weight excluding hydrogens is 272 g/mol. The third kappa shape index (κ3) is 1.88. The molecule has 0 heterocycles. The fraction of sp³-hybridized carbons (Fsp3) is 0.632. The van der Waals surface area contributed by atoms with Crippen LogP contribution in [0.2, 0.25) is 0 Å². The van der Waals surface area contributed by atoms with E-state index in [1.807, 2.05) is 19.3 Å². The monoisotopic (exact) mass is 296 g/mol. The van der Waals surface area contributed by atoms with Crippen LogP contribution in [-0.2, 0) is 4.74 Å². The molecule has 2 radical (unpaired) electrons. The summed E-state index contributed by atoms with van der Waals surface area (Å²) in [6.45, 7) is 2.45. The summed E-state index contributed by atoms with van der Waals surface area (Å²) in [5.41, 5.74) is 2.31.